The summed E-state index contributed by atoms with van der Waals surface area (Å²) in [7, 11) is 1.75. The SMILES string of the molecule is COc1ccc2c(c1)CCC2P(Br)(c1ccccc1)(c1ccccc1)c1ccccc1. The van der Waals surface area contributed by atoms with Crippen LogP contribution in [0.1, 0.15) is 23.2 Å². The summed E-state index contributed by atoms with van der Waals surface area (Å²) in [5.41, 5.74) is 3.19. The summed E-state index contributed by atoms with van der Waals surface area (Å²) in [6.07, 6.45) is 2.16. The average molecular weight is 489 g/mol. The van der Waals surface area contributed by atoms with Crippen LogP contribution in [0, 0.1) is 0 Å². The predicted octanol–water partition coefficient (Wildman–Crippen LogP) is 6.52. The Morgan fingerprint density at radius 1 is 0.710 bits per heavy atom. The van der Waals surface area contributed by atoms with Crippen molar-refractivity contribution in [3.8, 4) is 5.75 Å². The van der Waals surface area contributed by atoms with E-state index in [-0.39, 0.29) is 0 Å². The Morgan fingerprint density at radius 3 is 1.65 bits per heavy atom. The standard InChI is InChI=1S/C28H26BrOP/c1-30-23-18-19-27-22(21-23)17-20-28(27)31(29,24-11-5-2-6-12-24,25-13-7-3-8-14-25)26-15-9-4-10-16-26/h2-16,18-19,21,28H,17,20H2,1H3. The first kappa shape index (κ1) is 20.5. The molecule has 0 aromatic heterocycles. The first-order chi connectivity index (χ1) is 15.2. The number of hydrogen-bond donors (Lipinski definition) is 0. The number of fused-ring (bicyclic) bond motifs is 1. The van der Waals surface area contributed by atoms with Crippen molar-refractivity contribution in [2.24, 2.45) is 0 Å². The van der Waals surface area contributed by atoms with Crippen molar-refractivity contribution < 1.29 is 4.74 Å². The van der Waals surface area contributed by atoms with Crippen molar-refractivity contribution in [3.63, 3.8) is 0 Å². The molecule has 1 aliphatic carbocycles. The van der Waals surface area contributed by atoms with Gasteiger partial charge in [-0.1, -0.05) is 0 Å². The molecule has 31 heavy (non-hydrogen) atoms. The normalized spacial score (nSPS) is 16.8. The molecule has 3 heteroatoms. The zero-order chi connectivity index (χ0) is 21.3. The Bertz CT molecular complexity index is 1090. The third-order valence-electron chi connectivity index (χ3n) is 6.76. The van der Waals surface area contributed by atoms with Crippen molar-refractivity contribution in [3.05, 3.63) is 120 Å². The van der Waals surface area contributed by atoms with Gasteiger partial charge in [-0.25, -0.2) is 0 Å². The zero-order valence-electron chi connectivity index (χ0n) is 17.6. The van der Waals surface area contributed by atoms with Gasteiger partial charge in [0, 0.05) is 0 Å². The number of ether oxygens (including phenoxy) is 1. The fourth-order valence-electron chi connectivity index (χ4n) is 5.35. The number of rotatable bonds is 5. The first-order valence-electron chi connectivity index (χ1n) is 10.7. The van der Waals surface area contributed by atoms with Crippen molar-refractivity contribution in [1.29, 1.82) is 0 Å². The number of halogens is 1. The van der Waals surface area contributed by atoms with Gasteiger partial charge in [0.15, 0.2) is 0 Å². The van der Waals surface area contributed by atoms with E-state index in [2.05, 4.69) is 125 Å². The molecule has 0 saturated carbocycles. The number of hydrogen-bond acceptors (Lipinski definition) is 1. The van der Waals surface area contributed by atoms with Gasteiger partial charge in [-0.15, -0.1) is 0 Å². The summed E-state index contributed by atoms with van der Waals surface area (Å²) in [6, 6.07) is 39.9. The number of aryl methyl sites for hydroxylation is 1. The van der Waals surface area contributed by atoms with Gasteiger partial charge < -0.3 is 0 Å². The predicted molar refractivity (Wildman–Crippen MR) is 138 cm³/mol. The van der Waals surface area contributed by atoms with Crippen LogP contribution in [0.4, 0.5) is 0 Å². The molecule has 1 nitrogen and oxygen atoms in total. The molecule has 5 rings (SSSR count). The summed E-state index contributed by atoms with van der Waals surface area (Å²) < 4.78 is 5.54. The fourth-order valence-corrected chi connectivity index (χ4v) is 14.4. The van der Waals surface area contributed by atoms with Gasteiger partial charge in [-0.3, -0.25) is 0 Å². The second kappa shape index (κ2) is 7.93. The molecular weight excluding hydrogens is 463 g/mol. The molecule has 0 spiro atoms. The van der Waals surface area contributed by atoms with Gasteiger partial charge >= 0.3 is 193 Å². The number of methoxy groups -OCH3 is 1. The molecule has 0 heterocycles. The number of benzene rings is 4. The summed E-state index contributed by atoms with van der Waals surface area (Å²) >= 11 is 4.65. The van der Waals surface area contributed by atoms with Crippen molar-refractivity contribution >= 4 is 36.7 Å². The van der Waals surface area contributed by atoms with Crippen LogP contribution in [-0.2, 0) is 6.42 Å². The Labute approximate surface area is 192 Å². The molecule has 0 amide bonds. The van der Waals surface area contributed by atoms with E-state index in [9.17, 15) is 0 Å². The topological polar surface area (TPSA) is 9.23 Å². The Balaban J connectivity index is 1.90. The Hall–Kier alpha value is -2.41. The van der Waals surface area contributed by atoms with Crippen LogP contribution in [0.3, 0.4) is 0 Å². The van der Waals surface area contributed by atoms with E-state index >= 15 is 0 Å². The molecule has 0 N–H and O–H groups in total. The van der Waals surface area contributed by atoms with Crippen molar-refractivity contribution in [1.82, 2.24) is 0 Å². The second-order valence-electron chi connectivity index (χ2n) is 8.20. The maximum absolute atomic E-state index is 5.54. The molecule has 0 radical (unpaired) electrons. The fraction of sp³-hybridized carbons (Fsp3) is 0.143. The van der Waals surface area contributed by atoms with E-state index < -0.39 is 5.31 Å². The van der Waals surface area contributed by atoms with E-state index in [4.69, 9.17) is 4.74 Å². The van der Waals surface area contributed by atoms with E-state index in [1.54, 1.807) is 7.11 Å². The summed E-state index contributed by atoms with van der Waals surface area (Å²) in [6.45, 7) is 0. The van der Waals surface area contributed by atoms with Gasteiger partial charge in [0.1, 0.15) is 0 Å². The van der Waals surface area contributed by atoms with E-state index in [0.717, 1.165) is 18.6 Å². The minimum atomic E-state index is -3.02. The summed E-state index contributed by atoms with van der Waals surface area (Å²) in [5.74, 6) is 0.938. The molecule has 156 valence electrons. The molecular formula is C28H26BrOP. The van der Waals surface area contributed by atoms with Gasteiger partial charge in [0.2, 0.25) is 0 Å². The summed E-state index contributed by atoms with van der Waals surface area (Å²) in [5, 5.41) is 1.10. The van der Waals surface area contributed by atoms with Crippen LogP contribution < -0.4 is 20.7 Å². The molecule has 0 saturated heterocycles. The maximum atomic E-state index is 5.54. The minimum absolute atomic E-state index is 0.346. The first-order valence-corrected chi connectivity index (χ1v) is 15.1. The summed E-state index contributed by atoms with van der Waals surface area (Å²) in [4.78, 5) is 0. The Morgan fingerprint density at radius 2 is 1.19 bits per heavy atom. The zero-order valence-corrected chi connectivity index (χ0v) is 20.1. The molecule has 1 unspecified atom stereocenters. The van der Waals surface area contributed by atoms with Gasteiger partial charge in [0.25, 0.3) is 0 Å². The van der Waals surface area contributed by atoms with Gasteiger partial charge in [0.05, 0.1) is 0 Å². The molecule has 4 aromatic carbocycles. The molecule has 0 aliphatic heterocycles. The quantitative estimate of drug-likeness (QED) is 0.290. The average Bonchev–Trinajstić information content (AvgIpc) is 3.29. The van der Waals surface area contributed by atoms with Crippen LogP contribution in [0.25, 0.3) is 0 Å². The van der Waals surface area contributed by atoms with Crippen LogP contribution in [0.5, 0.6) is 5.75 Å². The molecule has 1 aliphatic rings. The monoisotopic (exact) mass is 488 g/mol. The molecule has 4 aromatic rings. The second-order valence-corrected chi connectivity index (χ2v) is 16.9. The van der Waals surface area contributed by atoms with Crippen LogP contribution in [0.15, 0.2) is 109 Å². The van der Waals surface area contributed by atoms with Gasteiger partial charge in [-0.2, -0.15) is 0 Å². The van der Waals surface area contributed by atoms with E-state index in [1.807, 2.05) is 0 Å². The van der Waals surface area contributed by atoms with Crippen LogP contribution in [0.2, 0.25) is 0 Å². The van der Waals surface area contributed by atoms with Gasteiger partial charge in [-0.05, 0) is 0 Å². The van der Waals surface area contributed by atoms with Crippen LogP contribution in [-0.4, -0.2) is 7.11 Å². The van der Waals surface area contributed by atoms with Crippen LogP contribution >= 0.6 is 20.8 Å². The molecule has 1 atom stereocenters. The van der Waals surface area contributed by atoms with Crippen molar-refractivity contribution in [2.75, 3.05) is 7.11 Å². The third-order valence-corrected chi connectivity index (χ3v) is 17.6. The molecule has 0 bridgehead atoms. The third kappa shape index (κ3) is 3.00. The van der Waals surface area contributed by atoms with Crippen molar-refractivity contribution in [2.45, 2.75) is 18.5 Å². The van der Waals surface area contributed by atoms with E-state index in [1.165, 1.54) is 27.0 Å². The Kier molecular flexibility index (Phi) is 5.24. The van der Waals surface area contributed by atoms with E-state index in [0.29, 0.717) is 5.66 Å². The molecule has 0 fully saturated rings.